The third-order valence-electron chi connectivity index (χ3n) is 4.49. The van der Waals surface area contributed by atoms with Crippen LogP contribution in [0.15, 0.2) is 84.9 Å². The van der Waals surface area contributed by atoms with Gasteiger partial charge >= 0.3 is 0 Å². The number of carbonyl (C=O) groups excluding carboxylic acids is 1. The van der Waals surface area contributed by atoms with Gasteiger partial charge in [0.15, 0.2) is 0 Å². The zero-order valence-corrected chi connectivity index (χ0v) is 15.7. The minimum absolute atomic E-state index is 0.00590. The van der Waals surface area contributed by atoms with Crippen LogP contribution in [-0.4, -0.2) is 19.1 Å². The molecule has 0 heterocycles. The van der Waals surface area contributed by atoms with Gasteiger partial charge in [-0.15, -0.1) is 6.42 Å². The highest BCUT2D eigenvalue weighted by Gasteiger charge is 2.21. The minimum atomic E-state index is -0.318. The highest BCUT2D eigenvalue weighted by atomic mass is 16.5. The van der Waals surface area contributed by atoms with Gasteiger partial charge in [-0.25, -0.2) is 0 Å². The number of benzene rings is 3. The zero-order chi connectivity index (χ0) is 19.6. The number of terminal acetylenes is 1. The van der Waals surface area contributed by atoms with E-state index in [-0.39, 0.29) is 18.4 Å². The lowest BCUT2D eigenvalue weighted by atomic mass is 9.90. The fraction of sp³-hybridized carbons (Fsp3) is 0.160. The van der Waals surface area contributed by atoms with Crippen molar-refractivity contribution in [3.8, 4) is 18.1 Å². The molecule has 0 aromatic heterocycles. The van der Waals surface area contributed by atoms with Gasteiger partial charge in [-0.05, 0) is 35.2 Å². The molecule has 0 aliphatic heterocycles. The lowest BCUT2D eigenvalue weighted by Crippen LogP contribution is -2.31. The van der Waals surface area contributed by atoms with Crippen LogP contribution < -0.4 is 10.1 Å². The standard InChI is InChI=1S/C25H23NO2/c1-2-19-28-23-15-13-20(14-16-23)17-18-26-25(27)24(21-9-5-3-6-10-21)22-11-7-4-8-12-22/h1,3-16,24H,17-19H2,(H,26,27). The summed E-state index contributed by atoms with van der Waals surface area (Å²) < 4.78 is 5.38. The van der Waals surface area contributed by atoms with Gasteiger partial charge in [-0.1, -0.05) is 78.7 Å². The Bertz CT molecular complexity index is 873. The van der Waals surface area contributed by atoms with Gasteiger partial charge in [0.1, 0.15) is 12.4 Å². The Morgan fingerprint density at radius 1 is 0.893 bits per heavy atom. The molecular formula is C25H23NO2. The molecule has 1 amide bonds. The van der Waals surface area contributed by atoms with Gasteiger partial charge in [-0.2, -0.15) is 0 Å². The third kappa shape index (κ3) is 5.25. The van der Waals surface area contributed by atoms with Crippen LogP contribution in [0.4, 0.5) is 0 Å². The Morgan fingerprint density at radius 3 is 2.00 bits per heavy atom. The number of amides is 1. The van der Waals surface area contributed by atoms with Crippen LogP contribution in [0.25, 0.3) is 0 Å². The first-order valence-electron chi connectivity index (χ1n) is 9.31. The smallest absolute Gasteiger partial charge is 0.232 e. The largest absolute Gasteiger partial charge is 0.481 e. The highest BCUT2D eigenvalue weighted by Crippen LogP contribution is 2.24. The monoisotopic (exact) mass is 369 g/mol. The Kier molecular flexibility index (Phi) is 6.87. The normalized spacial score (nSPS) is 10.3. The molecule has 28 heavy (non-hydrogen) atoms. The number of carbonyl (C=O) groups is 1. The van der Waals surface area contributed by atoms with Crippen LogP contribution in [0.5, 0.6) is 5.75 Å². The Labute approximate surface area is 166 Å². The van der Waals surface area contributed by atoms with E-state index in [9.17, 15) is 4.79 Å². The van der Waals surface area contributed by atoms with Crippen LogP contribution in [0.1, 0.15) is 22.6 Å². The fourth-order valence-corrected chi connectivity index (χ4v) is 3.10. The molecule has 0 spiro atoms. The lowest BCUT2D eigenvalue weighted by Gasteiger charge is -2.18. The number of nitrogens with one attached hydrogen (secondary N) is 1. The summed E-state index contributed by atoms with van der Waals surface area (Å²) in [5.74, 6) is 2.88. The van der Waals surface area contributed by atoms with Gasteiger partial charge in [0.05, 0.1) is 5.92 Å². The molecule has 3 aromatic rings. The first-order valence-corrected chi connectivity index (χ1v) is 9.31. The molecule has 3 heteroatoms. The number of hydrogen-bond acceptors (Lipinski definition) is 2. The van der Waals surface area contributed by atoms with Gasteiger partial charge in [0, 0.05) is 6.54 Å². The molecule has 3 aromatic carbocycles. The van der Waals surface area contributed by atoms with Gasteiger partial charge in [0.2, 0.25) is 5.91 Å². The van der Waals surface area contributed by atoms with Crippen molar-refractivity contribution in [2.75, 3.05) is 13.2 Å². The van der Waals surface area contributed by atoms with E-state index in [4.69, 9.17) is 11.2 Å². The Balaban J connectivity index is 1.62. The van der Waals surface area contributed by atoms with Gasteiger partial charge < -0.3 is 10.1 Å². The molecule has 0 saturated carbocycles. The number of hydrogen-bond donors (Lipinski definition) is 1. The maximum absolute atomic E-state index is 13.0. The molecule has 3 rings (SSSR count). The molecular weight excluding hydrogens is 346 g/mol. The van der Waals surface area contributed by atoms with Gasteiger partial charge in [-0.3, -0.25) is 4.79 Å². The van der Waals surface area contributed by atoms with Crippen molar-refractivity contribution in [3.63, 3.8) is 0 Å². The van der Waals surface area contributed by atoms with Crippen LogP contribution >= 0.6 is 0 Å². The summed E-state index contributed by atoms with van der Waals surface area (Å²) in [5.41, 5.74) is 3.10. The predicted octanol–water partition coefficient (Wildman–Crippen LogP) is 4.19. The summed E-state index contributed by atoms with van der Waals surface area (Å²) >= 11 is 0. The second kappa shape index (κ2) is 9.99. The Hall–Kier alpha value is -3.51. The molecule has 0 aliphatic carbocycles. The minimum Gasteiger partial charge on any atom is -0.481 e. The maximum atomic E-state index is 13.0. The Morgan fingerprint density at radius 2 is 1.46 bits per heavy atom. The van der Waals surface area contributed by atoms with Crippen LogP contribution in [0, 0.1) is 12.3 Å². The summed E-state index contributed by atoms with van der Waals surface area (Å²) in [6.45, 7) is 0.829. The van der Waals surface area contributed by atoms with E-state index in [1.54, 1.807) is 0 Å². The van der Waals surface area contributed by atoms with Crippen LogP contribution in [0.3, 0.4) is 0 Å². The summed E-state index contributed by atoms with van der Waals surface area (Å²) in [6, 6.07) is 27.5. The first-order chi connectivity index (χ1) is 13.8. The number of rotatable bonds is 8. The van der Waals surface area contributed by atoms with E-state index < -0.39 is 0 Å². The van der Waals surface area contributed by atoms with Crippen molar-refractivity contribution in [2.45, 2.75) is 12.3 Å². The predicted molar refractivity (Wildman–Crippen MR) is 112 cm³/mol. The first kappa shape index (κ1) is 19.3. The topological polar surface area (TPSA) is 38.3 Å². The molecule has 0 radical (unpaired) electrons. The quantitative estimate of drug-likeness (QED) is 0.605. The van der Waals surface area contributed by atoms with E-state index in [2.05, 4.69) is 11.2 Å². The molecule has 0 saturated heterocycles. The zero-order valence-electron chi connectivity index (χ0n) is 15.7. The van der Waals surface area contributed by atoms with E-state index >= 15 is 0 Å². The van der Waals surface area contributed by atoms with Crippen LogP contribution in [-0.2, 0) is 11.2 Å². The average molecular weight is 369 g/mol. The maximum Gasteiger partial charge on any atom is 0.232 e. The molecule has 3 nitrogen and oxygen atoms in total. The van der Waals surface area contributed by atoms with Crippen LogP contribution in [0.2, 0.25) is 0 Å². The fourth-order valence-electron chi connectivity index (χ4n) is 3.10. The van der Waals surface area contributed by atoms with E-state index in [1.807, 2.05) is 84.9 Å². The average Bonchev–Trinajstić information content (AvgIpc) is 2.75. The third-order valence-corrected chi connectivity index (χ3v) is 4.49. The second-order valence-electron chi connectivity index (χ2n) is 6.43. The second-order valence-corrected chi connectivity index (χ2v) is 6.43. The molecule has 0 bridgehead atoms. The summed E-state index contributed by atoms with van der Waals surface area (Å²) in [4.78, 5) is 13.0. The van der Waals surface area contributed by atoms with Crippen molar-refractivity contribution in [3.05, 3.63) is 102 Å². The van der Waals surface area contributed by atoms with Crippen molar-refractivity contribution in [2.24, 2.45) is 0 Å². The van der Waals surface area contributed by atoms with Crippen molar-refractivity contribution in [1.82, 2.24) is 5.32 Å². The van der Waals surface area contributed by atoms with Crippen molar-refractivity contribution in [1.29, 1.82) is 0 Å². The molecule has 0 atom stereocenters. The molecule has 0 aliphatic rings. The summed E-state index contributed by atoms with van der Waals surface area (Å²) in [5, 5.41) is 3.08. The van der Waals surface area contributed by atoms with Crippen molar-refractivity contribution >= 4 is 5.91 Å². The number of ether oxygens (including phenoxy) is 1. The van der Waals surface area contributed by atoms with E-state index in [0.717, 1.165) is 28.9 Å². The summed E-state index contributed by atoms with van der Waals surface area (Å²) in [7, 11) is 0. The lowest BCUT2D eigenvalue weighted by molar-refractivity contribution is -0.121. The van der Waals surface area contributed by atoms with Gasteiger partial charge in [0.25, 0.3) is 0 Å². The highest BCUT2D eigenvalue weighted by molar-refractivity contribution is 5.87. The molecule has 0 fully saturated rings. The molecule has 140 valence electrons. The SMILES string of the molecule is C#CCOc1ccc(CCNC(=O)C(c2ccccc2)c2ccccc2)cc1. The summed E-state index contributed by atoms with van der Waals surface area (Å²) in [6.07, 6.45) is 5.94. The molecule has 0 unspecified atom stereocenters. The molecule has 1 N–H and O–H groups in total. The van der Waals surface area contributed by atoms with Crippen molar-refractivity contribution < 1.29 is 9.53 Å². The van der Waals surface area contributed by atoms with E-state index in [1.165, 1.54) is 0 Å². The van der Waals surface area contributed by atoms with E-state index in [0.29, 0.717) is 6.54 Å².